The van der Waals surface area contributed by atoms with Crippen molar-refractivity contribution in [2.75, 3.05) is 6.54 Å². The Morgan fingerprint density at radius 2 is 1.96 bits per heavy atom. The van der Waals surface area contributed by atoms with Gasteiger partial charge in [0.1, 0.15) is 24.5 Å². The Bertz CT molecular complexity index is 1080. The Morgan fingerprint density at radius 3 is 2.74 bits per heavy atom. The minimum Gasteiger partial charge on any atom is -0.508 e. The number of phenols is 1. The second-order valence-corrected chi connectivity index (χ2v) is 6.06. The Kier molecular flexibility index (Phi) is 5.42. The summed E-state index contributed by atoms with van der Waals surface area (Å²) in [6.45, 7) is -0.524. The van der Waals surface area contributed by atoms with Crippen molar-refractivity contribution in [1.82, 2.24) is 5.32 Å². The lowest BCUT2D eigenvalue weighted by molar-refractivity contribution is -0.143. The highest BCUT2D eigenvalue weighted by Crippen LogP contribution is 2.22. The summed E-state index contributed by atoms with van der Waals surface area (Å²) in [5.74, 6) is -1.19. The number of esters is 1. The summed E-state index contributed by atoms with van der Waals surface area (Å²) >= 11 is 5.82. The summed E-state index contributed by atoms with van der Waals surface area (Å²) in [7, 11) is 0. The molecular formula is C19H14ClNO6. The lowest BCUT2D eigenvalue weighted by atomic mass is 10.1. The normalized spacial score (nSPS) is 10.6. The Morgan fingerprint density at radius 1 is 1.15 bits per heavy atom. The standard InChI is InChI=1S/C19H14ClNO6/c20-13-3-1-2-11(6-13)19(25)21-9-18(24)26-10-12-7-17(23)27-16-8-14(22)4-5-15(12)16/h1-8,22H,9-10H2,(H,21,25). The van der Waals surface area contributed by atoms with Crippen LogP contribution in [0.1, 0.15) is 15.9 Å². The Hall–Kier alpha value is -3.32. The van der Waals surface area contributed by atoms with Gasteiger partial charge in [0.25, 0.3) is 5.91 Å². The van der Waals surface area contributed by atoms with Gasteiger partial charge in [0, 0.05) is 33.7 Å². The fourth-order valence-corrected chi connectivity index (χ4v) is 2.62. The molecule has 0 saturated heterocycles. The van der Waals surface area contributed by atoms with E-state index in [0.29, 0.717) is 21.5 Å². The summed E-state index contributed by atoms with van der Waals surface area (Å²) in [5.41, 5.74) is 0.300. The molecule has 0 saturated carbocycles. The zero-order chi connectivity index (χ0) is 19.4. The molecule has 1 amide bonds. The van der Waals surface area contributed by atoms with Crippen molar-refractivity contribution in [2.45, 2.75) is 6.61 Å². The second kappa shape index (κ2) is 7.92. The number of carbonyl (C=O) groups excluding carboxylic acids is 2. The molecule has 0 aliphatic rings. The molecule has 3 rings (SSSR count). The van der Waals surface area contributed by atoms with Crippen molar-refractivity contribution >= 4 is 34.4 Å². The fraction of sp³-hybridized carbons (Fsp3) is 0.105. The first-order valence-corrected chi connectivity index (χ1v) is 8.25. The maximum Gasteiger partial charge on any atom is 0.336 e. The van der Waals surface area contributed by atoms with Gasteiger partial charge in [-0.3, -0.25) is 9.59 Å². The van der Waals surface area contributed by atoms with Crippen LogP contribution < -0.4 is 10.9 Å². The number of aromatic hydroxyl groups is 1. The molecule has 0 aliphatic heterocycles. The van der Waals surface area contributed by atoms with Crippen LogP contribution in [0.3, 0.4) is 0 Å². The first kappa shape index (κ1) is 18.5. The smallest absolute Gasteiger partial charge is 0.336 e. The summed E-state index contributed by atoms with van der Waals surface area (Å²) < 4.78 is 10.1. The van der Waals surface area contributed by atoms with Crippen molar-refractivity contribution in [2.24, 2.45) is 0 Å². The summed E-state index contributed by atoms with van der Waals surface area (Å²) in [5, 5.41) is 12.8. The number of rotatable bonds is 5. The fourth-order valence-electron chi connectivity index (χ4n) is 2.43. The summed E-state index contributed by atoms with van der Waals surface area (Å²) in [6.07, 6.45) is 0. The SMILES string of the molecule is O=C(CNC(=O)c1cccc(Cl)c1)OCc1cc(=O)oc2cc(O)ccc12. The number of hydrogen-bond acceptors (Lipinski definition) is 6. The number of hydrogen-bond donors (Lipinski definition) is 2. The van der Waals surface area contributed by atoms with E-state index in [4.69, 9.17) is 20.8 Å². The third-order valence-electron chi connectivity index (χ3n) is 3.68. The van der Waals surface area contributed by atoms with E-state index in [1.54, 1.807) is 24.3 Å². The lowest BCUT2D eigenvalue weighted by Crippen LogP contribution is -2.30. The number of fused-ring (bicyclic) bond motifs is 1. The van der Waals surface area contributed by atoms with Gasteiger partial charge in [0.15, 0.2) is 0 Å². The molecule has 0 radical (unpaired) electrons. The van der Waals surface area contributed by atoms with Gasteiger partial charge in [-0.1, -0.05) is 17.7 Å². The van der Waals surface area contributed by atoms with E-state index in [0.717, 1.165) is 0 Å². The second-order valence-electron chi connectivity index (χ2n) is 5.62. The molecule has 0 fully saturated rings. The number of nitrogens with one attached hydrogen (secondary N) is 1. The van der Waals surface area contributed by atoms with E-state index < -0.39 is 17.5 Å². The highest BCUT2D eigenvalue weighted by molar-refractivity contribution is 6.30. The van der Waals surface area contributed by atoms with Crippen LogP contribution >= 0.6 is 11.6 Å². The first-order chi connectivity index (χ1) is 12.9. The zero-order valence-electron chi connectivity index (χ0n) is 13.9. The van der Waals surface area contributed by atoms with Crippen LogP contribution in [0.4, 0.5) is 0 Å². The van der Waals surface area contributed by atoms with Gasteiger partial charge in [-0.05, 0) is 30.3 Å². The predicted molar refractivity (Wildman–Crippen MR) is 97.7 cm³/mol. The number of halogens is 1. The van der Waals surface area contributed by atoms with E-state index >= 15 is 0 Å². The molecule has 27 heavy (non-hydrogen) atoms. The van der Waals surface area contributed by atoms with Gasteiger partial charge in [0.05, 0.1) is 0 Å². The maximum atomic E-state index is 12.0. The number of carbonyl (C=O) groups is 2. The van der Waals surface area contributed by atoms with Gasteiger partial charge in [0.2, 0.25) is 0 Å². The van der Waals surface area contributed by atoms with E-state index in [1.807, 2.05) is 0 Å². The molecule has 2 aromatic carbocycles. The van der Waals surface area contributed by atoms with Crippen LogP contribution in [0.25, 0.3) is 11.0 Å². The van der Waals surface area contributed by atoms with Crippen molar-refractivity contribution in [3.8, 4) is 5.75 Å². The molecule has 1 aromatic heterocycles. The molecule has 138 valence electrons. The third kappa shape index (κ3) is 4.65. The van der Waals surface area contributed by atoms with Crippen LogP contribution in [0.15, 0.2) is 57.7 Å². The van der Waals surface area contributed by atoms with Gasteiger partial charge in [-0.15, -0.1) is 0 Å². The van der Waals surface area contributed by atoms with Crippen molar-refractivity contribution in [3.05, 3.63) is 75.1 Å². The summed E-state index contributed by atoms with van der Waals surface area (Å²) in [6, 6.07) is 11.8. The van der Waals surface area contributed by atoms with Gasteiger partial charge >= 0.3 is 11.6 Å². The molecule has 1 heterocycles. The third-order valence-corrected chi connectivity index (χ3v) is 3.92. The molecule has 0 atom stereocenters. The quantitative estimate of drug-likeness (QED) is 0.515. The molecule has 0 aliphatic carbocycles. The average Bonchev–Trinajstić information content (AvgIpc) is 2.63. The van der Waals surface area contributed by atoms with E-state index in [-0.39, 0.29) is 24.5 Å². The van der Waals surface area contributed by atoms with Crippen LogP contribution in [0.5, 0.6) is 5.75 Å². The number of ether oxygens (including phenoxy) is 1. The Labute approximate surface area is 158 Å². The predicted octanol–water partition coefficient (Wildman–Crippen LogP) is 2.63. The summed E-state index contributed by atoms with van der Waals surface area (Å²) in [4.78, 5) is 35.5. The minimum atomic E-state index is -0.675. The minimum absolute atomic E-state index is 0.0523. The highest BCUT2D eigenvalue weighted by Gasteiger charge is 2.12. The Balaban J connectivity index is 1.62. The molecule has 3 aromatic rings. The van der Waals surface area contributed by atoms with Crippen molar-refractivity contribution < 1.29 is 23.8 Å². The average molecular weight is 388 g/mol. The largest absolute Gasteiger partial charge is 0.508 e. The molecule has 0 unspecified atom stereocenters. The van der Waals surface area contributed by atoms with Gasteiger partial charge in [-0.2, -0.15) is 0 Å². The van der Waals surface area contributed by atoms with E-state index in [1.165, 1.54) is 24.3 Å². The van der Waals surface area contributed by atoms with Gasteiger partial charge in [-0.25, -0.2) is 4.79 Å². The monoisotopic (exact) mass is 387 g/mol. The maximum absolute atomic E-state index is 12.0. The van der Waals surface area contributed by atoms with Gasteiger partial charge < -0.3 is 19.6 Å². The molecule has 7 nitrogen and oxygen atoms in total. The van der Waals surface area contributed by atoms with Crippen LogP contribution in [-0.2, 0) is 16.1 Å². The molecule has 0 bridgehead atoms. The van der Waals surface area contributed by atoms with E-state index in [9.17, 15) is 19.5 Å². The number of amides is 1. The zero-order valence-corrected chi connectivity index (χ0v) is 14.7. The van der Waals surface area contributed by atoms with E-state index in [2.05, 4.69) is 5.32 Å². The molecule has 0 spiro atoms. The van der Waals surface area contributed by atoms with Crippen LogP contribution in [0, 0.1) is 0 Å². The molecule has 2 N–H and O–H groups in total. The lowest BCUT2D eigenvalue weighted by Gasteiger charge is -2.08. The van der Waals surface area contributed by atoms with Crippen molar-refractivity contribution in [1.29, 1.82) is 0 Å². The number of phenolic OH excluding ortho intramolecular Hbond substituents is 1. The molecular weight excluding hydrogens is 374 g/mol. The molecule has 8 heteroatoms. The highest BCUT2D eigenvalue weighted by atomic mass is 35.5. The first-order valence-electron chi connectivity index (χ1n) is 7.87. The van der Waals surface area contributed by atoms with Crippen molar-refractivity contribution in [3.63, 3.8) is 0 Å². The van der Waals surface area contributed by atoms with Crippen LogP contribution in [-0.4, -0.2) is 23.5 Å². The van der Waals surface area contributed by atoms with Crippen LogP contribution in [0.2, 0.25) is 5.02 Å². The number of benzene rings is 2. The topological polar surface area (TPSA) is 106 Å².